The van der Waals surface area contributed by atoms with Crippen LogP contribution in [0, 0.1) is 0 Å². The van der Waals surface area contributed by atoms with Gasteiger partial charge in [-0.3, -0.25) is 0 Å². The van der Waals surface area contributed by atoms with Crippen LogP contribution in [0.5, 0.6) is 0 Å². The van der Waals surface area contributed by atoms with E-state index in [0.29, 0.717) is 6.04 Å². The Morgan fingerprint density at radius 3 is 2.85 bits per heavy atom. The summed E-state index contributed by atoms with van der Waals surface area (Å²) in [5.74, 6) is 0. The molecule has 0 saturated heterocycles. The van der Waals surface area contributed by atoms with E-state index in [2.05, 4.69) is 39.1 Å². The van der Waals surface area contributed by atoms with Crippen LogP contribution in [0.4, 0.5) is 0 Å². The maximum Gasteiger partial charge on any atom is 0.117 e. The van der Waals surface area contributed by atoms with Gasteiger partial charge in [0, 0.05) is 23.4 Å². The van der Waals surface area contributed by atoms with Gasteiger partial charge in [0.15, 0.2) is 0 Å². The van der Waals surface area contributed by atoms with E-state index >= 15 is 0 Å². The standard InChI is InChI=1S/C15H20N4S/c1-20-13-8-7-12(9-13)16-10-14-15(18-19-17-14)11-5-3-2-4-6-11/h2-6,12-13,16H,7-10H2,1H3,(H,17,18,19). The van der Waals surface area contributed by atoms with Crippen LogP contribution in [-0.4, -0.2) is 33.0 Å². The van der Waals surface area contributed by atoms with Gasteiger partial charge in [0.05, 0.1) is 0 Å². The average Bonchev–Trinajstić information content (AvgIpc) is 3.15. The van der Waals surface area contributed by atoms with Crippen molar-refractivity contribution in [2.75, 3.05) is 6.26 Å². The fourth-order valence-corrected chi connectivity index (χ4v) is 3.58. The van der Waals surface area contributed by atoms with Gasteiger partial charge in [-0.15, -0.1) is 0 Å². The summed E-state index contributed by atoms with van der Waals surface area (Å²) in [5, 5.41) is 15.8. The molecule has 4 nitrogen and oxygen atoms in total. The number of aromatic nitrogens is 3. The zero-order valence-electron chi connectivity index (χ0n) is 11.7. The first-order chi connectivity index (χ1) is 9.86. The zero-order chi connectivity index (χ0) is 13.8. The molecule has 0 aliphatic heterocycles. The molecule has 2 unspecified atom stereocenters. The van der Waals surface area contributed by atoms with Gasteiger partial charge in [-0.2, -0.15) is 27.2 Å². The Morgan fingerprint density at radius 1 is 1.25 bits per heavy atom. The van der Waals surface area contributed by atoms with Crippen LogP contribution in [0.2, 0.25) is 0 Å². The Balaban J connectivity index is 1.63. The third kappa shape index (κ3) is 3.04. The van der Waals surface area contributed by atoms with Crippen molar-refractivity contribution in [3.05, 3.63) is 36.0 Å². The predicted molar refractivity (Wildman–Crippen MR) is 83.6 cm³/mol. The van der Waals surface area contributed by atoms with Crippen LogP contribution in [-0.2, 0) is 6.54 Å². The summed E-state index contributed by atoms with van der Waals surface area (Å²) >= 11 is 1.99. The maximum absolute atomic E-state index is 4.29. The molecular weight excluding hydrogens is 268 g/mol. The lowest BCUT2D eigenvalue weighted by Crippen LogP contribution is -2.26. The van der Waals surface area contributed by atoms with E-state index in [4.69, 9.17) is 0 Å². The number of nitrogens with zero attached hydrogens (tertiary/aromatic N) is 2. The van der Waals surface area contributed by atoms with Crippen molar-refractivity contribution in [3.63, 3.8) is 0 Å². The van der Waals surface area contributed by atoms with E-state index in [1.54, 1.807) is 0 Å². The predicted octanol–water partition coefficient (Wildman–Crippen LogP) is 2.85. The number of nitrogens with one attached hydrogen (secondary N) is 2. The highest BCUT2D eigenvalue weighted by molar-refractivity contribution is 7.99. The van der Waals surface area contributed by atoms with Gasteiger partial charge < -0.3 is 5.32 Å². The molecule has 3 rings (SSSR count). The highest BCUT2D eigenvalue weighted by Gasteiger charge is 2.23. The van der Waals surface area contributed by atoms with Crippen molar-refractivity contribution in [1.29, 1.82) is 0 Å². The molecule has 1 aromatic heterocycles. The Bertz CT molecular complexity index is 540. The lowest BCUT2D eigenvalue weighted by atomic mass is 10.1. The number of hydrogen-bond donors (Lipinski definition) is 2. The molecule has 1 aromatic carbocycles. The second-order valence-electron chi connectivity index (χ2n) is 5.23. The van der Waals surface area contributed by atoms with E-state index in [-0.39, 0.29) is 0 Å². The quantitative estimate of drug-likeness (QED) is 0.888. The van der Waals surface area contributed by atoms with Crippen LogP contribution in [0.3, 0.4) is 0 Å². The highest BCUT2D eigenvalue weighted by Crippen LogP contribution is 2.28. The van der Waals surface area contributed by atoms with Crippen molar-refractivity contribution < 1.29 is 0 Å². The number of thioether (sulfide) groups is 1. The minimum Gasteiger partial charge on any atom is -0.308 e. The largest absolute Gasteiger partial charge is 0.308 e. The topological polar surface area (TPSA) is 53.6 Å². The van der Waals surface area contributed by atoms with E-state index in [1.807, 2.05) is 30.0 Å². The van der Waals surface area contributed by atoms with Crippen LogP contribution >= 0.6 is 11.8 Å². The molecule has 2 atom stereocenters. The first-order valence-electron chi connectivity index (χ1n) is 7.08. The van der Waals surface area contributed by atoms with Crippen LogP contribution in [0.15, 0.2) is 30.3 Å². The summed E-state index contributed by atoms with van der Waals surface area (Å²) in [4.78, 5) is 0. The molecule has 0 amide bonds. The SMILES string of the molecule is CSC1CCC(NCc2n[nH]nc2-c2ccccc2)C1. The van der Waals surface area contributed by atoms with Gasteiger partial charge in [0.1, 0.15) is 11.4 Å². The summed E-state index contributed by atoms with van der Waals surface area (Å²) in [6.07, 6.45) is 6.06. The molecule has 1 heterocycles. The molecule has 1 fully saturated rings. The van der Waals surface area contributed by atoms with Gasteiger partial charge in [0.25, 0.3) is 0 Å². The molecule has 1 aliphatic rings. The molecule has 0 bridgehead atoms. The van der Waals surface area contributed by atoms with Gasteiger partial charge in [0.2, 0.25) is 0 Å². The number of H-pyrrole nitrogens is 1. The minimum atomic E-state index is 0.618. The lowest BCUT2D eigenvalue weighted by molar-refractivity contribution is 0.520. The van der Waals surface area contributed by atoms with E-state index < -0.39 is 0 Å². The van der Waals surface area contributed by atoms with Gasteiger partial charge in [-0.1, -0.05) is 30.3 Å². The average molecular weight is 288 g/mol. The van der Waals surface area contributed by atoms with Crippen molar-refractivity contribution in [1.82, 2.24) is 20.7 Å². The fourth-order valence-electron chi connectivity index (χ4n) is 2.78. The second-order valence-corrected chi connectivity index (χ2v) is 6.37. The highest BCUT2D eigenvalue weighted by atomic mass is 32.2. The molecular formula is C15H20N4S. The van der Waals surface area contributed by atoms with Crippen LogP contribution in [0.25, 0.3) is 11.3 Å². The summed E-state index contributed by atoms with van der Waals surface area (Å²) in [6.45, 7) is 0.784. The summed E-state index contributed by atoms with van der Waals surface area (Å²) in [5.41, 5.74) is 3.08. The zero-order valence-corrected chi connectivity index (χ0v) is 12.5. The number of rotatable bonds is 5. The fraction of sp³-hybridized carbons (Fsp3) is 0.467. The first kappa shape index (κ1) is 13.6. The first-order valence-corrected chi connectivity index (χ1v) is 8.37. The van der Waals surface area contributed by atoms with E-state index in [9.17, 15) is 0 Å². The Morgan fingerprint density at radius 2 is 2.10 bits per heavy atom. The Labute approximate surface area is 123 Å². The van der Waals surface area contributed by atoms with Crippen molar-refractivity contribution in [2.45, 2.75) is 37.1 Å². The number of hydrogen-bond acceptors (Lipinski definition) is 4. The second kappa shape index (κ2) is 6.41. The maximum atomic E-state index is 4.29. The van der Waals surface area contributed by atoms with Crippen LogP contribution in [0.1, 0.15) is 25.0 Å². The number of benzene rings is 1. The number of aromatic amines is 1. The lowest BCUT2D eigenvalue weighted by Gasteiger charge is -2.11. The van der Waals surface area contributed by atoms with Crippen molar-refractivity contribution >= 4 is 11.8 Å². The third-order valence-electron chi connectivity index (χ3n) is 3.94. The summed E-state index contributed by atoms with van der Waals surface area (Å²) in [6, 6.07) is 10.8. The monoisotopic (exact) mass is 288 g/mol. The van der Waals surface area contributed by atoms with E-state index in [1.165, 1.54) is 19.3 Å². The smallest absolute Gasteiger partial charge is 0.117 e. The third-order valence-corrected chi connectivity index (χ3v) is 5.04. The molecule has 106 valence electrons. The van der Waals surface area contributed by atoms with Crippen molar-refractivity contribution in [2.24, 2.45) is 0 Å². The molecule has 0 spiro atoms. The van der Waals surface area contributed by atoms with Gasteiger partial charge >= 0.3 is 0 Å². The van der Waals surface area contributed by atoms with Gasteiger partial charge in [-0.25, -0.2) is 0 Å². The molecule has 5 heteroatoms. The normalized spacial score (nSPS) is 22.2. The van der Waals surface area contributed by atoms with E-state index in [0.717, 1.165) is 28.7 Å². The van der Waals surface area contributed by atoms with Crippen LogP contribution < -0.4 is 5.32 Å². The molecule has 0 radical (unpaired) electrons. The molecule has 2 aromatic rings. The van der Waals surface area contributed by atoms with Gasteiger partial charge in [-0.05, 0) is 25.5 Å². The summed E-state index contributed by atoms with van der Waals surface area (Å²) in [7, 11) is 0. The molecule has 1 aliphatic carbocycles. The molecule has 2 N–H and O–H groups in total. The minimum absolute atomic E-state index is 0.618. The molecule has 20 heavy (non-hydrogen) atoms. The van der Waals surface area contributed by atoms with Crippen molar-refractivity contribution in [3.8, 4) is 11.3 Å². The summed E-state index contributed by atoms with van der Waals surface area (Å²) < 4.78 is 0. The Kier molecular flexibility index (Phi) is 4.38. The molecule has 1 saturated carbocycles. The Hall–Kier alpha value is -1.33.